The van der Waals surface area contributed by atoms with E-state index in [-0.39, 0.29) is 23.7 Å². The van der Waals surface area contributed by atoms with Crippen molar-refractivity contribution in [3.63, 3.8) is 0 Å². The molecule has 1 heterocycles. The number of ketones is 1. The predicted molar refractivity (Wildman–Crippen MR) is 118 cm³/mol. The van der Waals surface area contributed by atoms with Crippen molar-refractivity contribution in [2.24, 2.45) is 11.8 Å². The Hall–Kier alpha value is -4.29. The van der Waals surface area contributed by atoms with Crippen LogP contribution in [-0.4, -0.2) is 82.6 Å². The molecular formula is C21H24N6O8. The third-order valence-corrected chi connectivity index (χ3v) is 5.36. The highest BCUT2D eigenvalue weighted by molar-refractivity contribution is 6.63. The summed E-state index contributed by atoms with van der Waals surface area (Å²) in [6, 6.07) is 2.71. The second kappa shape index (κ2) is 11.2. The molecule has 14 heteroatoms. The fourth-order valence-electron chi connectivity index (χ4n) is 3.55. The Labute approximate surface area is 199 Å². The number of likely N-dealkylation sites (N-methyl/N-ethyl adjacent to an activating group) is 1. The van der Waals surface area contributed by atoms with Gasteiger partial charge in [0.1, 0.15) is 0 Å². The highest BCUT2D eigenvalue weighted by atomic mass is 16.6. The Kier molecular flexibility index (Phi) is 8.65. The standard InChI is InChI=1S/C21H24N6O8/c1-10(16-15(19(30)24-16)11(2)23-14(28)9-26(3)4)18(29)17(25-22)21(32)35-20(31)12-5-7-13(8-6-12)27(33)34/h5-8,10-11,15-16H,9H2,1-4H3,(H,23,28)(H,24,30)/t10?,11?,15?,16-/m1/s1. The molecule has 1 aliphatic heterocycles. The molecular weight excluding hydrogens is 464 g/mol. The van der Waals surface area contributed by atoms with Gasteiger partial charge in [-0.1, -0.05) is 6.92 Å². The van der Waals surface area contributed by atoms with Crippen LogP contribution >= 0.6 is 0 Å². The minimum atomic E-state index is -1.54. The van der Waals surface area contributed by atoms with Crippen LogP contribution < -0.4 is 10.6 Å². The van der Waals surface area contributed by atoms with Crippen molar-refractivity contribution in [1.29, 1.82) is 0 Å². The summed E-state index contributed by atoms with van der Waals surface area (Å²) in [6.07, 6.45) is 0. The lowest BCUT2D eigenvalue weighted by Gasteiger charge is -2.42. The number of rotatable bonds is 10. The van der Waals surface area contributed by atoms with Crippen molar-refractivity contribution in [1.82, 2.24) is 15.5 Å². The molecule has 2 amide bonds. The maximum absolute atomic E-state index is 12.8. The van der Waals surface area contributed by atoms with Crippen LogP contribution in [0.2, 0.25) is 0 Å². The molecule has 4 atom stereocenters. The lowest BCUT2D eigenvalue weighted by atomic mass is 9.75. The van der Waals surface area contributed by atoms with Crippen LogP contribution in [-0.2, 0) is 23.9 Å². The van der Waals surface area contributed by atoms with Gasteiger partial charge in [-0.2, -0.15) is 4.79 Å². The number of nitro benzene ring substituents is 1. The van der Waals surface area contributed by atoms with Gasteiger partial charge in [-0.05, 0) is 33.2 Å². The van der Waals surface area contributed by atoms with Gasteiger partial charge < -0.3 is 25.8 Å². The van der Waals surface area contributed by atoms with Gasteiger partial charge in [-0.25, -0.2) is 9.59 Å². The smallest absolute Gasteiger partial charge is 0.380 e. The van der Waals surface area contributed by atoms with E-state index in [1.165, 1.54) is 6.92 Å². The molecule has 186 valence electrons. The monoisotopic (exact) mass is 488 g/mol. The first kappa shape index (κ1) is 27.0. The van der Waals surface area contributed by atoms with E-state index in [0.717, 1.165) is 24.3 Å². The van der Waals surface area contributed by atoms with Crippen LogP contribution in [0.15, 0.2) is 24.3 Å². The molecule has 35 heavy (non-hydrogen) atoms. The van der Waals surface area contributed by atoms with Crippen molar-refractivity contribution < 1.29 is 38.4 Å². The Morgan fingerprint density at radius 3 is 2.31 bits per heavy atom. The number of nitrogens with zero attached hydrogens (tertiary/aromatic N) is 4. The molecule has 0 aromatic heterocycles. The summed E-state index contributed by atoms with van der Waals surface area (Å²) in [7, 11) is 3.40. The number of carbonyl (C=O) groups is 5. The number of nitro groups is 1. The van der Waals surface area contributed by atoms with E-state index in [2.05, 4.69) is 20.2 Å². The van der Waals surface area contributed by atoms with Crippen molar-refractivity contribution in [3.05, 3.63) is 45.5 Å². The largest absolute Gasteiger partial charge is 0.442 e. The number of amides is 2. The Morgan fingerprint density at radius 2 is 1.83 bits per heavy atom. The fourth-order valence-corrected chi connectivity index (χ4v) is 3.55. The molecule has 1 saturated heterocycles. The zero-order valence-corrected chi connectivity index (χ0v) is 19.4. The lowest BCUT2D eigenvalue weighted by Crippen LogP contribution is -2.68. The highest BCUT2D eigenvalue weighted by Crippen LogP contribution is 2.26. The first-order chi connectivity index (χ1) is 16.4. The summed E-state index contributed by atoms with van der Waals surface area (Å²) >= 11 is 0. The van der Waals surface area contributed by atoms with E-state index >= 15 is 0 Å². The highest BCUT2D eigenvalue weighted by Gasteiger charge is 2.51. The molecule has 0 bridgehead atoms. The number of β-lactam (4-membered cyclic amide) rings is 1. The van der Waals surface area contributed by atoms with E-state index in [4.69, 9.17) is 0 Å². The Balaban J connectivity index is 2.06. The first-order valence-electron chi connectivity index (χ1n) is 10.4. The number of ether oxygens (including phenoxy) is 1. The maximum atomic E-state index is 12.8. The zero-order valence-electron chi connectivity index (χ0n) is 19.4. The van der Waals surface area contributed by atoms with E-state index in [1.54, 1.807) is 25.9 Å². The maximum Gasteiger partial charge on any atom is 0.442 e. The number of hydrogen-bond acceptors (Lipinski definition) is 9. The average molecular weight is 488 g/mol. The van der Waals surface area contributed by atoms with Crippen molar-refractivity contribution in [2.75, 3.05) is 20.6 Å². The average Bonchev–Trinajstić information content (AvgIpc) is 2.76. The van der Waals surface area contributed by atoms with Gasteiger partial charge >= 0.3 is 17.7 Å². The quantitative estimate of drug-likeness (QED) is 0.0626. The molecule has 1 aliphatic rings. The van der Waals surface area contributed by atoms with Crippen LogP contribution in [0, 0.1) is 22.0 Å². The Bertz CT molecular complexity index is 1110. The van der Waals surface area contributed by atoms with Gasteiger partial charge in [0.2, 0.25) is 11.8 Å². The van der Waals surface area contributed by atoms with Gasteiger partial charge in [-0.3, -0.25) is 24.5 Å². The molecule has 0 radical (unpaired) electrons. The molecule has 1 fully saturated rings. The number of Topliss-reactive ketones (excluding diaryl/α,β-unsaturated/α-hetero) is 1. The third-order valence-electron chi connectivity index (χ3n) is 5.36. The molecule has 2 rings (SSSR count). The summed E-state index contributed by atoms with van der Waals surface area (Å²) in [4.78, 5) is 75.7. The Morgan fingerprint density at radius 1 is 1.23 bits per heavy atom. The molecule has 2 N–H and O–H groups in total. The van der Waals surface area contributed by atoms with Crippen molar-refractivity contribution in [3.8, 4) is 0 Å². The van der Waals surface area contributed by atoms with E-state index in [9.17, 15) is 39.6 Å². The summed E-state index contributed by atoms with van der Waals surface area (Å²) < 4.78 is 4.57. The van der Waals surface area contributed by atoms with Gasteiger partial charge in [0, 0.05) is 24.1 Å². The zero-order chi connectivity index (χ0) is 26.4. The lowest BCUT2D eigenvalue weighted by molar-refractivity contribution is -0.384. The molecule has 0 spiro atoms. The summed E-state index contributed by atoms with van der Waals surface area (Å²) in [5.41, 5.74) is 7.65. The minimum Gasteiger partial charge on any atom is -0.380 e. The van der Waals surface area contributed by atoms with Gasteiger partial charge in [0.15, 0.2) is 0 Å². The number of carbonyl (C=O) groups excluding carboxylic acids is 5. The van der Waals surface area contributed by atoms with Crippen molar-refractivity contribution >= 4 is 40.9 Å². The molecule has 1 aromatic carbocycles. The second-order valence-electron chi connectivity index (χ2n) is 8.24. The van der Waals surface area contributed by atoms with Crippen LogP contribution in [0.1, 0.15) is 24.2 Å². The molecule has 0 saturated carbocycles. The molecule has 3 unspecified atom stereocenters. The topological polar surface area (TPSA) is 201 Å². The van der Waals surface area contributed by atoms with E-state index in [1.807, 2.05) is 0 Å². The first-order valence-corrected chi connectivity index (χ1v) is 10.4. The van der Waals surface area contributed by atoms with E-state index < -0.39 is 58.2 Å². The van der Waals surface area contributed by atoms with Crippen LogP contribution in [0.4, 0.5) is 5.69 Å². The predicted octanol–water partition coefficient (Wildman–Crippen LogP) is -0.665. The summed E-state index contributed by atoms with van der Waals surface area (Å²) in [6.45, 7) is 3.07. The SMILES string of the molecule is CC(NC(=O)CN(C)C)C1C(=O)N[C@@H]1C(C)C(=O)C(=[N+]=[N-])C(=O)OC(=O)c1ccc([N+](=O)[O-])cc1. The van der Waals surface area contributed by atoms with E-state index in [0.29, 0.717) is 0 Å². The summed E-state index contributed by atoms with van der Waals surface area (Å²) in [5, 5.41) is 15.9. The van der Waals surface area contributed by atoms with Crippen LogP contribution in [0.5, 0.6) is 0 Å². The van der Waals surface area contributed by atoms with Crippen LogP contribution in [0.3, 0.4) is 0 Å². The van der Waals surface area contributed by atoms with Gasteiger partial charge in [0.05, 0.1) is 29.0 Å². The number of non-ortho nitro benzene ring substituents is 1. The molecule has 0 aliphatic carbocycles. The number of hydrogen-bond donors (Lipinski definition) is 2. The normalized spacial score (nSPS) is 18.3. The van der Waals surface area contributed by atoms with Crippen molar-refractivity contribution in [2.45, 2.75) is 25.9 Å². The third kappa shape index (κ3) is 6.40. The molecule has 14 nitrogen and oxygen atoms in total. The number of benzene rings is 1. The summed E-state index contributed by atoms with van der Waals surface area (Å²) in [5.74, 6) is -6.37. The number of esters is 2. The van der Waals surface area contributed by atoms with Crippen LogP contribution in [0.25, 0.3) is 5.53 Å². The number of nitrogens with one attached hydrogen (secondary N) is 2. The fraction of sp³-hybridized carbons (Fsp3) is 0.429. The van der Waals surface area contributed by atoms with Gasteiger partial charge in [0.25, 0.3) is 11.5 Å². The second-order valence-corrected chi connectivity index (χ2v) is 8.24. The van der Waals surface area contributed by atoms with Gasteiger partial charge in [-0.15, -0.1) is 0 Å². The minimum absolute atomic E-state index is 0.0910. The molecule has 1 aromatic rings.